The van der Waals surface area contributed by atoms with E-state index in [0.717, 1.165) is 34.2 Å². The topological polar surface area (TPSA) is 54.1 Å². The van der Waals surface area contributed by atoms with Crippen molar-refractivity contribution in [3.63, 3.8) is 0 Å². The van der Waals surface area contributed by atoms with E-state index < -0.39 is 0 Å². The molecule has 0 aliphatic rings. The second-order valence-electron chi connectivity index (χ2n) is 6.34. The first kappa shape index (κ1) is 17.1. The Labute approximate surface area is 148 Å². The standard InChI is InChI=1S/C21H24N2O2/c1-4-19(15-7-5-14(2)6-8-15)23-21(24)11-16-13-22-20-10-9-17(25-3)12-18(16)20/h5-10,12-13,19,22H,4,11H2,1-3H3,(H,23,24). The van der Waals surface area contributed by atoms with Crippen molar-refractivity contribution in [1.29, 1.82) is 0 Å². The van der Waals surface area contributed by atoms with E-state index >= 15 is 0 Å². The predicted octanol–water partition coefficient (Wildman–Crippen LogP) is 4.29. The highest BCUT2D eigenvalue weighted by atomic mass is 16.5. The summed E-state index contributed by atoms with van der Waals surface area (Å²) in [6, 6.07) is 14.2. The summed E-state index contributed by atoms with van der Waals surface area (Å²) in [4.78, 5) is 15.8. The van der Waals surface area contributed by atoms with Gasteiger partial charge in [-0.1, -0.05) is 36.8 Å². The number of ether oxygens (including phenoxy) is 1. The number of fused-ring (bicyclic) bond motifs is 1. The van der Waals surface area contributed by atoms with Crippen molar-refractivity contribution in [3.8, 4) is 5.75 Å². The van der Waals surface area contributed by atoms with Crippen LogP contribution in [0.3, 0.4) is 0 Å². The average Bonchev–Trinajstić information content (AvgIpc) is 3.02. The number of H-pyrrole nitrogens is 1. The summed E-state index contributed by atoms with van der Waals surface area (Å²) in [7, 11) is 1.65. The Hall–Kier alpha value is -2.75. The highest BCUT2D eigenvalue weighted by Crippen LogP contribution is 2.24. The number of carbonyl (C=O) groups is 1. The summed E-state index contributed by atoms with van der Waals surface area (Å²) in [6.45, 7) is 4.15. The van der Waals surface area contributed by atoms with Gasteiger partial charge in [-0.05, 0) is 42.7 Å². The summed E-state index contributed by atoms with van der Waals surface area (Å²) in [5, 5.41) is 4.18. The van der Waals surface area contributed by atoms with Gasteiger partial charge < -0.3 is 15.0 Å². The molecule has 0 saturated heterocycles. The minimum Gasteiger partial charge on any atom is -0.497 e. The molecule has 0 spiro atoms. The molecule has 0 aliphatic heterocycles. The Morgan fingerprint density at radius 3 is 2.64 bits per heavy atom. The zero-order valence-electron chi connectivity index (χ0n) is 14.9. The summed E-state index contributed by atoms with van der Waals surface area (Å²) >= 11 is 0. The number of benzene rings is 2. The van der Waals surface area contributed by atoms with Crippen molar-refractivity contribution >= 4 is 16.8 Å². The van der Waals surface area contributed by atoms with Crippen molar-refractivity contribution < 1.29 is 9.53 Å². The summed E-state index contributed by atoms with van der Waals surface area (Å²) in [6.07, 6.45) is 3.10. The second-order valence-corrected chi connectivity index (χ2v) is 6.34. The molecule has 1 amide bonds. The van der Waals surface area contributed by atoms with Crippen LogP contribution in [0.25, 0.3) is 10.9 Å². The molecule has 3 rings (SSSR count). The number of amides is 1. The predicted molar refractivity (Wildman–Crippen MR) is 101 cm³/mol. The number of aromatic amines is 1. The fourth-order valence-corrected chi connectivity index (χ4v) is 3.07. The SMILES string of the molecule is CCC(NC(=O)Cc1c[nH]c2ccc(OC)cc12)c1ccc(C)cc1. The van der Waals surface area contributed by atoms with Gasteiger partial charge in [-0.25, -0.2) is 0 Å². The second kappa shape index (κ2) is 7.43. The van der Waals surface area contributed by atoms with Crippen LogP contribution in [0.5, 0.6) is 5.75 Å². The molecule has 0 radical (unpaired) electrons. The van der Waals surface area contributed by atoms with Crippen LogP contribution in [0.1, 0.15) is 36.1 Å². The van der Waals surface area contributed by atoms with Crippen LogP contribution in [0.2, 0.25) is 0 Å². The number of methoxy groups -OCH3 is 1. The Morgan fingerprint density at radius 1 is 1.20 bits per heavy atom. The van der Waals surface area contributed by atoms with Gasteiger partial charge >= 0.3 is 0 Å². The lowest BCUT2D eigenvalue weighted by atomic mass is 10.0. The van der Waals surface area contributed by atoms with Crippen molar-refractivity contribution in [3.05, 3.63) is 65.4 Å². The molecule has 2 N–H and O–H groups in total. The highest BCUT2D eigenvalue weighted by Gasteiger charge is 2.15. The van der Waals surface area contributed by atoms with Crippen LogP contribution >= 0.6 is 0 Å². The molecule has 130 valence electrons. The molecular formula is C21H24N2O2. The molecule has 1 unspecified atom stereocenters. The van der Waals surface area contributed by atoms with Gasteiger partial charge in [0.2, 0.25) is 5.91 Å². The van der Waals surface area contributed by atoms with Crippen LogP contribution < -0.4 is 10.1 Å². The summed E-state index contributed by atoms with van der Waals surface area (Å²) < 4.78 is 5.29. The maximum atomic E-state index is 12.6. The van der Waals surface area contributed by atoms with E-state index in [1.165, 1.54) is 5.56 Å². The largest absolute Gasteiger partial charge is 0.497 e. The number of aromatic nitrogens is 1. The van der Waals surface area contributed by atoms with E-state index in [1.807, 2.05) is 24.4 Å². The lowest BCUT2D eigenvalue weighted by Gasteiger charge is -2.17. The molecule has 1 heterocycles. The number of hydrogen-bond donors (Lipinski definition) is 2. The lowest BCUT2D eigenvalue weighted by molar-refractivity contribution is -0.121. The third-order valence-electron chi connectivity index (χ3n) is 4.55. The van der Waals surface area contributed by atoms with Gasteiger partial charge in [0.1, 0.15) is 5.75 Å². The molecule has 4 nitrogen and oxygen atoms in total. The van der Waals surface area contributed by atoms with Crippen LogP contribution in [-0.4, -0.2) is 18.0 Å². The Kier molecular flexibility index (Phi) is 5.08. The molecule has 2 aromatic carbocycles. The molecule has 4 heteroatoms. The van der Waals surface area contributed by atoms with Gasteiger partial charge in [0.25, 0.3) is 0 Å². The van der Waals surface area contributed by atoms with Crippen molar-refractivity contribution in [1.82, 2.24) is 10.3 Å². The van der Waals surface area contributed by atoms with E-state index in [9.17, 15) is 4.79 Å². The molecular weight excluding hydrogens is 312 g/mol. The monoisotopic (exact) mass is 336 g/mol. The zero-order chi connectivity index (χ0) is 17.8. The third kappa shape index (κ3) is 3.85. The van der Waals surface area contributed by atoms with Gasteiger partial charge in [0.15, 0.2) is 0 Å². The fraction of sp³-hybridized carbons (Fsp3) is 0.286. The number of aryl methyl sites for hydroxylation is 1. The van der Waals surface area contributed by atoms with Crippen LogP contribution in [0, 0.1) is 6.92 Å². The van der Waals surface area contributed by atoms with Gasteiger partial charge in [-0.3, -0.25) is 4.79 Å². The third-order valence-corrected chi connectivity index (χ3v) is 4.55. The van der Waals surface area contributed by atoms with Crippen molar-refractivity contribution in [2.75, 3.05) is 7.11 Å². The molecule has 1 atom stereocenters. The number of hydrogen-bond acceptors (Lipinski definition) is 2. The van der Waals surface area contributed by atoms with Gasteiger partial charge in [0.05, 0.1) is 19.6 Å². The molecule has 0 saturated carbocycles. The van der Waals surface area contributed by atoms with E-state index in [-0.39, 0.29) is 11.9 Å². The van der Waals surface area contributed by atoms with Crippen molar-refractivity contribution in [2.24, 2.45) is 0 Å². The van der Waals surface area contributed by atoms with Crippen LogP contribution in [-0.2, 0) is 11.2 Å². The van der Waals surface area contributed by atoms with E-state index in [4.69, 9.17) is 4.74 Å². The van der Waals surface area contributed by atoms with Crippen molar-refractivity contribution in [2.45, 2.75) is 32.7 Å². The van der Waals surface area contributed by atoms with Gasteiger partial charge in [-0.15, -0.1) is 0 Å². The molecule has 0 fully saturated rings. The van der Waals surface area contributed by atoms with Crippen LogP contribution in [0.4, 0.5) is 0 Å². The quantitative estimate of drug-likeness (QED) is 0.705. The number of rotatable bonds is 6. The van der Waals surface area contributed by atoms with Gasteiger partial charge in [-0.2, -0.15) is 0 Å². The molecule has 0 bridgehead atoms. The summed E-state index contributed by atoms with van der Waals surface area (Å²) in [5.41, 5.74) is 4.35. The minimum atomic E-state index is 0.0242. The minimum absolute atomic E-state index is 0.0242. The number of nitrogens with one attached hydrogen (secondary N) is 2. The lowest BCUT2D eigenvalue weighted by Crippen LogP contribution is -2.29. The van der Waals surface area contributed by atoms with E-state index in [1.54, 1.807) is 7.11 Å². The van der Waals surface area contributed by atoms with Gasteiger partial charge in [0, 0.05) is 17.1 Å². The molecule has 3 aromatic rings. The molecule has 0 aliphatic carbocycles. The Balaban J connectivity index is 1.74. The molecule has 1 aromatic heterocycles. The van der Waals surface area contributed by atoms with E-state index in [2.05, 4.69) is 48.4 Å². The van der Waals surface area contributed by atoms with Crippen LogP contribution in [0.15, 0.2) is 48.7 Å². The first-order chi connectivity index (χ1) is 12.1. The van der Waals surface area contributed by atoms with E-state index in [0.29, 0.717) is 6.42 Å². The molecule has 25 heavy (non-hydrogen) atoms. The zero-order valence-corrected chi connectivity index (χ0v) is 14.9. The smallest absolute Gasteiger partial charge is 0.224 e. The number of carbonyl (C=O) groups excluding carboxylic acids is 1. The maximum absolute atomic E-state index is 12.6. The first-order valence-electron chi connectivity index (χ1n) is 8.60. The average molecular weight is 336 g/mol. The Bertz CT molecular complexity index is 865. The first-order valence-corrected chi connectivity index (χ1v) is 8.60. The Morgan fingerprint density at radius 2 is 1.96 bits per heavy atom. The maximum Gasteiger partial charge on any atom is 0.224 e. The highest BCUT2D eigenvalue weighted by molar-refractivity contribution is 5.89. The normalized spacial score (nSPS) is 12.1. The summed E-state index contributed by atoms with van der Waals surface area (Å²) in [5.74, 6) is 0.816. The fourth-order valence-electron chi connectivity index (χ4n) is 3.07.